The number of aryl methyl sites for hydroxylation is 2. The van der Waals surface area contributed by atoms with E-state index in [0.717, 1.165) is 42.4 Å². The van der Waals surface area contributed by atoms with Crippen LogP contribution in [0.5, 0.6) is 11.5 Å². The molecule has 0 spiro atoms. The quantitative estimate of drug-likeness (QED) is 0.324. The Morgan fingerprint density at radius 1 is 1.03 bits per heavy atom. The number of aromatic nitrogens is 1. The summed E-state index contributed by atoms with van der Waals surface area (Å²) in [5, 5.41) is 15.1. The Balaban J connectivity index is 1.45. The molecule has 1 N–H and O–H groups in total. The van der Waals surface area contributed by atoms with E-state index in [9.17, 15) is 14.9 Å². The van der Waals surface area contributed by atoms with Gasteiger partial charge in [-0.3, -0.25) is 19.9 Å². The number of carbonyl (C=O) groups excluding carboxylic acids is 1. The summed E-state index contributed by atoms with van der Waals surface area (Å²) < 4.78 is 11.9. The summed E-state index contributed by atoms with van der Waals surface area (Å²) in [6.07, 6.45) is 7.15. The van der Waals surface area contributed by atoms with Crippen LogP contribution in [0.25, 0.3) is 11.0 Å². The van der Waals surface area contributed by atoms with Crippen molar-refractivity contribution in [2.45, 2.75) is 25.7 Å². The number of nitro benzene ring substituents is 1. The lowest BCUT2D eigenvalue weighted by atomic mass is 9.96. The minimum absolute atomic E-state index is 0.186. The Hall–Kier alpha value is -4.20. The SMILES string of the molecule is O=C(Nc1cc(Oc2ccc3oc4c(c3c2)CCCC4)cc([N+](=O)[O-])c1)c1ccncc1. The van der Waals surface area contributed by atoms with Crippen molar-refractivity contribution in [2.24, 2.45) is 0 Å². The minimum Gasteiger partial charge on any atom is -0.461 e. The van der Waals surface area contributed by atoms with E-state index in [2.05, 4.69) is 10.3 Å². The number of pyridine rings is 1. The maximum absolute atomic E-state index is 12.5. The molecule has 2 aromatic carbocycles. The number of anilines is 1. The number of hydrogen-bond donors (Lipinski definition) is 1. The van der Waals surface area contributed by atoms with E-state index in [0.29, 0.717) is 11.3 Å². The average molecular weight is 429 g/mol. The summed E-state index contributed by atoms with van der Waals surface area (Å²) in [6, 6.07) is 12.8. The predicted molar refractivity (Wildman–Crippen MR) is 118 cm³/mol. The van der Waals surface area contributed by atoms with Crippen molar-refractivity contribution in [3.8, 4) is 11.5 Å². The van der Waals surface area contributed by atoms with Gasteiger partial charge in [0, 0.05) is 47.5 Å². The van der Waals surface area contributed by atoms with E-state index in [-0.39, 0.29) is 17.1 Å². The van der Waals surface area contributed by atoms with Gasteiger partial charge in [0.2, 0.25) is 0 Å². The average Bonchev–Trinajstić information content (AvgIpc) is 3.17. The van der Waals surface area contributed by atoms with Gasteiger partial charge in [0.15, 0.2) is 0 Å². The zero-order chi connectivity index (χ0) is 22.1. The van der Waals surface area contributed by atoms with Gasteiger partial charge in [-0.15, -0.1) is 0 Å². The second kappa shape index (κ2) is 8.14. The van der Waals surface area contributed by atoms with Crippen LogP contribution in [0.4, 0.5) is 11.4 Å². The first-order valence-corrected chi connectivity index (χ1v) is 10.3. The molecule has 0 bridgehead atoms. The first-order valence-electron chi connectivity index (χ1n) is 10.3. The highest BCUT2D eigenvalue weighted by molar-refractivity contribution is 6.04. The molecule has 8 nitrogen and oxygen atoms in total. The molecule has 1 aliphatic rings. The van der Waals surface area contributed by atoms with Gasteiger partial charge in [0.25, 0.3) is 11.6 Å². The van der Waals surface area contributed by atoms with Crippen molar-refractivity contribution in [3.63, 3.8) is 0 Å². The molecule has 5 rings (SSSR count). The molecular formula is C24H19N3O5. The second-order valence-corrected chi connectivity index (χ2v) is 7.63. The highest BCUT2D eigenvalue weighted by Gasteiger charge is 2.19. The number of fused-ring (bicyclic) bond motifs is 3. The molecule has 32 heavy (non-hydrogen) atoms. The molecular weight excluding hydrogens is 410 g/mol. The number of non-ortho nitro benzene ring substituents is 1. The third kappa shape index (κ3) is 3.90. The van der Waals surface area contributed by atoms with Gasteiger partial charge in [-0.05, 0) is 49.6 Å². The highest BCUT2D eigenvalue weighted by atomic mass is 16.6. The fraction of sp³-hybridized carbons (Fsp3) is 0.167. The highest BCUT2D eigenvalue weighted by Crippen LogP contribution is 2.36. The summed E-state index contributed by atoms with van der Waals surface area (Å²) in [6.45, 7) is 0. The molecule has 0 atom stereocenters. The molecule has 2 aromatic heterocycles. The van der Waals surface area contributed by atoms with E-state index in [1.807, 2.05) is 12.1 Å². The van der Waals surface area contributed by atoms with E-state index in [1.165, 1.54) is 30.1 Å². The fourth-order valence-electron chi connectivity index (χ4n) is 3.97. The Bertz CT molecular complexity index is 1330. The number of rotatable bonds is 5. The zero-order valence-corrected chi connectivity index (χ0v) is 17.0. The summed E-state index contributed by atoms with van der Waals surface area (Å²) in [5.41, 5.74) is 2.49. The number of nitrogens with zero attached hydrogens (tertiary/aromatic N) is 2. The normalized spacial score (nSPS) is 12.9. The van der Waals surface area contributed by atoms with Crippen LogP contribution < -0.4 is 10.1 Å². The van der Waals surface area contributed by atoms with Crippen LogP contribution >= 0.6 is 0 Å². The Morgan fingerprint density at radius 3 is 2.66 bits per heavy atom. The topological polar surface area (TPSA) is 108 Å². The van der Waals surface area contributed by atoms with E-state index < -0.39 is 10.8 Å². The van der Waals surface area contributed by atoms with Crippen LogP contribution in [-0.2, 0) is 12.8 Å². The summed E-state index contributed by atoms with van der Waals surface area (Å²) in [4.78, 5) is 27.2. The number of ether oxygens (including phenoxy) is 1. The molecule has 160 valence electrons. The van der Waals surface area contributed by atoms with E-state index in [4.69, 9.17) is 9.15 Å². The van der Waals surface area contributed by atoms with Gasteiger partial charge >= 0.3 is 0 Å². The summed E-state index contributed by atoms with van der Waals surface area (Å²) >= 11 is 0. The van der Waals surface area contributed by atoms with Gasteiger partial charge in [0.05, 0.1) is 16.7 Å². The minimum atomic E-state index is -0.523. The van der Waals surface area contributed by atoms with Crippen molar-refractivity contribution < 1.29 is 18.9 Å². The second-order valence-electron chi connectivity index (χ2n) is 7.63. The van der Waals surface area contributed by atoms with Crippen molar-refractivity contribution >= 4 is 28.3 Å². The van der Waals surface area contributed by atoms with E-state index in [1.54, 1.807) is 24.3 Å². The van der Waals surface area contributed by atoms with Crippen LogP contribution in [0.15, 0.2) is 65.3 Å². The van der Waals surface area contributed by atoms with Crippen LogP contribution in [0.3, 0.4) is 0 Å². The predicted octanol–water partition coefficient (Wildman–Crippen LogP) is 5.66. The van der Waals surface area contributed by atoms with E-state index >= 15 is 0 Å². The molecule has 0 saturated heterocycles. The Kier molecular flexibility index (Phi) is 5.03. The van der Waals surface area contributed by atoms with Crippen molar-refractivity contribution in [2.75, 3.05) is 5.32 Å². The molecule has 8 heteroatoms. The number of hydrogen-bond acceptors (Lipinski definition) is 6. The monoisotopic (exact) mass is 429 g/mol. The van der Waals surface area contributed by atoms with Crippen LogP contribution in [0.1, 0.15) is 34.5 Å². The molecule has 1 aliphatic carbocycles. The lowest BCUT2D eigenvalue weighted by molar-refractivity contribution is -0.384. The smallest absolute Gasteiger partial charge is 0.275 e. The Labute approximate surface area is 183 Å². The lowest BCUT2D eigenvalue weighted by Gasteiger charge is -2.10. The fourth-order valence-corrected chi connectivity index (χ4v) is 3.97. The number of benzene rings is 2. The number of amides is 1. The van der Waals surface area contributed by atoms with Gasteiger partial charge in [-0.1, -0.05) is 0 Å². The van der Waals surface area contributed by atoms with Crippen molar-refractivity contribution in [1.82, 2.24) is 4.98 Å². The van der Waals surface area contributed by atoms with Crippen LogP contribution in [0.2, 0.25) is 0 Å². The maximum atomic E-state index is 12.5. The first kappa shape index (κ1) is 19.7. The zero-order valence-electron chi connectivity index (χ0n) is 17.0. The molecule has 0 saturated carbocycles. The third-order valence-corrected chi connectivity index (χ3v) is 5.46. The van der Waals surface area contributed by atoms with Crippen LogP contribution in [-0.4, -0.2) is 15.8 Å². The largest absolute Gasteiger partial charge is 0.461 e. The number of nitrogens with one attached hydrogen (secondary N) is 1. The molecule has 0 fully saturated rings. The lowest BCUT2D eigenvalue weighted by Crippen LogP contribution is -2.12. The molecule has 0 aliphatic heterocycles. The molecule has 2 heterocycles. The Morgan fingerprint density at radius 2 is 1.84 bits per heavy atom. The van der Waals surface area contributed by atoms with Crippen molar-refractivity contribution in [3.05, 3.63) is 87.9 Å². The molecule has 4 aromatic rings. The van der Waals surface area contributed by atoms with Gasteiger partial charge in [-0.2, -0.15) is 0 Å². The van der Waals surface area contributed by atoms with Gasteiger partial charge < -0.3 is 14.5 Å². The number of carbonyl (C=O) groups is 1. The summed E-state index contributed by atoms with van der Waals surface area (Å²) in [5.74, 6) is 1.42. The standard InChI is InChI=1S/C24H19N3O5/c28-24(15-7-9-25-10-8-15)26-16-11-17(27(29)30)13-19(12-16)31-18-5-6-23-21(14-18)20-3-1-2-4-22(20)32-23/h5-14H,1-4H2,(H,26,28). The molecule has 1 amide bonds. The number of nitro groups is 1. The first-order chi connectivity index (χ1) is 15.6. The van der Waals surface area contributed by atoms with Crippen LogP contribution in [0, 0.1) is 10.1 Å². The maximum Gasteiger partial charge on any atom is 0.275 e. The summed E-state index contributed by atoms with van der Waals surface area (Å²) in [7, 11) is 0. The van der Waals surface area contributed by atoms with Gasteiger partial charge in [0.1, 0.15) is 22.8 Å². The molecule has 0 radical (unpaired) electrons. The number of furan rings is 1. The third-order valence-electron chi connectivity index (χ3n) is 5.46. The molecule has 0 unspecified atom stereocenters. The van der Waals surface area contributed by atoms with Crippen molar-refractivity contribution in [1.29, 1.82) is 0 Å². The van der Waals surface area contributed by atoms with Gasteiger partial charge in [-0.25, -0.2) is 0 Å².